The van der Waals surface area contributed by atoms with Crippen LogP contribution in [0.15, 0.2) is 0 Å². The normalized spacial score (nSPS) is 12.1. The van der Waals surface area contributed by atoms with Gasteiger partial charge in [-0.25, -0.2) is 0 Å². The SMILES string of the molecule is NC[P+](=O)C[P+](=O)CCCCCCCCCNCCCCCCCCCCCCCCCCCC(=O)O. The Morgan fingerprint density at radius 1 is 0.541 bits per heavy atom. The fourth-order valence-corrected chi connectivity index (χ4v) is 7.69. The molecule has 0 fully saturated rings. The van der Waals surface area contributed by atoms with Crippen LogP contribution < -0.4 is 11.1 Å². The number of rotatable bonds is 31. The van der Waals surface area contributed by atoms with Crippen molar-refractivity contribution in [3.8, 4) is 0 Å². The van der Waals surface area contributed by atoms with Gasteiger partial charge in [-0.2, -0.15) is 0 Å². The summed E-state index contributed by atoms with van der Waals surface area (Å²) in [5.41, 5.74) is 5.32. The predicted molar refractivity (Wildman–Crippen MR) is 161 cm³/mol. The van der Waals surface area contributed by atoms with Gasteiger partial charge in [-0.05, 0) is 45.2 Å². The lowest BCUT2D eigenvalue weighted by atomic mass is 10.0. The first-order valence-electron chi connectivity index (χ1n) is 15.5. The highest BCUT2D eigenvalue weighted by molar-refractivity contribution is 7.62. The fraction of sp³-hybridized carbons (Fsp3) is 0.966. The molecule has 218 valence electrons. The van der Waals surface area contributed by atoms with Crippen molar-refractivity contribution >= 4 is 21.6 Å². The van der Waals surface area contributed by atoms with Crippen molar-refractivity contribution in [1.29, 1.82) is 0 Å². The Kier molecular flexibility index (Phi) is 29.8. The van der Waals surface area contributed by atoms with E-state index in [9.17, 15) is 13.9 Å². The highest BCUT2D eigenvalue weighted by Crippen LogP contribution is 2.35. The fourth-order valence-electron chi connectivity index (χ4n) is 4.68. The number of hydrogen-bond donors (Lipinski definition) is 3. The Labute approximate surface area is 230 Å². The van der Waals surface area contributed by atoms with Crippen LogP contribution >= 0.6 is 15.6 Å². The molecule has 8 heteroatoms. The van der Waals surface area contributed by atoms with Crippen LogP contribution in [0.1, 0.15) is 148 Å². The van der Waals surface area contributed by atoms with Crippen LogP contribution in [0.5, 0.6) is 0 Å². The van der Waals surface area contributed by atoms with E-state index >= 15 is 0 Å². The quantitative estimate of drug-likeness (QED) is 0.0574. The van der Waals surface area contributed by atoms with Gasteiger partial charge in [0.1, 0.15) is 0 Å². The molecule has 2 unspecified atom stereocenters. The van der Waals surface area contributed by atoms with Gasteiger partial charge in [-0.15, -0.1) is 0 Å². The van der Waals surface area contributed by atoms with E-state index in [1.54, 1.807) is 0 Å². The average molecular weight is 563 g/mol. The molecule has 37 heavy (non-hydrogen) atoms. The highest BCUT2D eigenvalue weighted by atomic mass is 31.2. The number of carbonyl (C=O) groups is 1. The molecule has 0 saturated carbocycles. The number of hydrogen-bond acceptors (Lipinski definition) is 5. The molecule has 0 radical (unpaired) electrons. The van der Waals surface area contributed by atoms with Crippen LogP contribution in [-0.2, 0) is 13.9 Å². The summed E-state index contributed by atoms with van der Waals surface area (Å²) >= 11 is 0. The van der Waals surface area contributed by atoms with Gasteiger partial charge >= 0.3 is 27.5 Å². The van der Waals surface area contributed by atoms with E-state index in [0.29, 0.717) is 18.5 Å². The Morgan fingerprint density at radius 3 is 1.27 bits per heavy atom. The molecule has 0 aromatic heterocycles. The summed E-state index contributed by atoms with van der Waals surface area (Å²) in [6.07, 6.45) is 29.1. The Bertz CT molecular complexity index is 550. The second kappa shape index (κ2) is 30.1. The minimum absolute atomic E-state index is 0.163. The molecule has 0 aliphatic heterocycles. The lowest BCUT2D eigenvalue weighted by Crippen LogP contribution is -2.16. The van der Waals surface area contributed by atoms with E-state index in [4.69, 9.17) is 10.8 Å². The number of nitrogens with one attached hydrogen (secondary N) is 1. The lowest BCUT2D eigenvalue weighted by Gasteiger charge is -2.05. The van der Waals surface area contributed by atoms with E-state index in [1.165, 1.54) is 116 Å². The molecule has 0 saturated heterocycles. The van der Waals surface area contributed by atoms with Gasteiger partial charge in [0.25, 0.3) is 0 Å². The smallest absolute Gasteiger partial charge is 0.404 e. The van der Waals surface area contributed by atoms with E-state index in [0.717, 1.165) is 38.8 Å². The van der Waals surface area contributed by atoms with E-state index in [1.807, 2.05) is 0 Å². The molecule has 0 spiro atoms. The van der Waals surface area contributed by atoms with Crippen molar-refractivity contribution in [2.75, 3.05) is 31.4 Å². The summed E-state index contributed by atoms with van der Waals surface area (Å²) in [7, 11) is -2.75. The van der Waals surface area contributed by atoms with Crippen molar-refractivity contribution in [3.05, 3.63) is 0 Å². The highest BCUT2D eigenvalue weighted by Gasteiger charge is 2.27. The first-order valence-corrected chi connectivity index (χ1v) is 18.8. The lowest BCUT2D eigenvalue weighted by molar-refractivity contribution is -0.137. The van der Waals surface area contributed by atoms with Crippen LogP contribution in [0.3, 0.4) is 0 Å². The van der Waals surface area contributed by atoms with Gasteiger partial charge in [0.05, 0.1) is 0 Å². The maximum Gasteiger partial charge on any atom is 0.404 e. The van der Waals surface area contributed by atoms with E-state index in [2.05, 4.69) is 5.32 Å². The van der Waals surface area contributed by atoms with Crippen molar-refractivity contribution in [3.63, 3.8) is 0 Å². The molecule has 0 aromatic carbocycles. The molecule has 0 bridgehead atoms. The number of carboxylic acid groups (broad SMARTS) is 1. The molecule has 0 rings (SSSR count). The average Bonchev–Trinajstić information content (AvgIpc) is 2.87. The van der Waals surface area contributed by atoms with Gasteiger partial charge in [-0.3, -0.25) is 10.5 Å². The first-order chi connectivity index (χ1) is 18.1. The van der Waals surface area contributed by atoms with Gasteiger partial charge < -0.3 is 10.4 Å². The third kappa shape index (κ3) is 31.7. The number of aliphatic carboxylic acids is 1. The minimum Gasteiger partial charge on any atom is -0.481 e. The van der Waals surface area contributed by atoms with E-state index < -0.39 is 21.6 Å². The first kappa shape index (κ1) is 36.6. The Balaban J connectivity index is 3.10. The summed E-state index contributed by atoms with van der Waals surface area (Å²) in [5, 5.41) is 12.2. The van der Waals surface area contributed by atoms with Crippen LogP contribution in [-0.4, -0.2) is 42.5 Å². The molecule has 6 nitrogen and oxygen atoms in total. The van der Waals surface area contributed by atoms with Crippen molar-refractivity contribution in [2.45, 2.75) is 148 Å². The zero-order valence-electron chi connectivity index (χ0n) is 23.9. The zero-order chi connectivity index (χ0) is 27.2. The number of unbranched alkanes of at least 4 members (excludes halogenated alkanes) is 20. The molecule has 0 aromatic rings. The summed E-state index contributed by atoms with van der Waals surface area (Å²) < 4.78 is 23.1. The van der Waals surface area contributed by atoms with Crippen molar-refractivity contribution in [1.82, 2.24) is 5.32 Å². The standard InChI is InChI=1S/C29H59N2O4P2/c30-27-37(35)28-36(34)26-22-18-14-10-13-17-21-25-31-24-20-16-12-9-7-5-3-1-2-4-6-8-11-15-19-23-29(32)33/h31H,1-28,30H2/q+1/p+1. The zero-order valence-corrected chi connectivity index (χ0v) is 25.7. The van der Waals surface area contributed by atoms with E-state index in [-0.39, 0.29) is 6.29 Å². The van der Waals surface area contributed by atoms with Gasteiger partial charge in [0.2, 0.25) is 0 Å². The largest absolute Gasteiger partial charge is 0.481 e. The molecular formula is C29H60N2O4P2+2. The second-order valence-electron chi connectivity index (χ2n) is 10.7. The summed E-state index contributed by atoms with van der Waals surface area (Å²) in [6.45, 7) is 2.30. The summed E-state index contributed by atoms with van der Waals surface area (Å²) in [5.74, 6) is -0.346. The Morgan fingerprint density at radius 2 is 0.892 bits per heavy atom. The second-order valence-corrected chi connectivity index (χ2v) is 14.6. The van der Waals surface area contributed by atoms with Crippen molar-refractivity contribution in [2.24, 2.45) is 5.73 Å². The van der Waals surface area contributed by atoms with Crippen LogP contribution in [0, 0.1) is 0 Å². The van der Waals surface area contributed by atoms with Crippen LogP contribution in [0.4, 0.5) is 0 Å². The maximum atomic E-state index is 11.8. The van der Waals surface area contributed by atoms with Crippen LogP contribution in [0.2, 0.25) is 0 Å². The minimum atomic E-state index is -1.44. The summed E-state index contributed by atoms with van der Waals surface area (Å²) in [6, 6.07) is 0. The molecule has 0 heterocycles. The number of carboxylic acids is 1. The Hall–Kier alpha value is -0.410. The molecule has 4 N–H and O–H groups in total. The van der Waals surface area contributed by atoms with Gasteiger partial charge in [-0.1, -0.05) is 118 Å². The third-order valence-corrected chi connectivity index (χ3v) is 10.8. The van der Waals surface area contributed by atoms with Crippen LogP contribution in [0.25, 0.3) is 0 Å². The maximum absolute atomic E-state index is 11.8. The molecule has 0 aliphatic carbocycles. The van der Waals surface area contributed by atoms with Crippen molar-refractivity contribution < 1.29 is 19.0 Å². The molecule has 0 aliphatic rings. The summed E-state index contributed by atoms with van der Waals surface area (Å²) in [4.78, 5) is 10.5. The third-order valence-electron chi connectivity index (χ3n) is 7.02. The monoisotopic (exact) mass is 562 g/mol. The molecular weight excluding hydrogens is 502 g/mol. The predicted octanol–water partition coefficient (Wildman–Crippen LogP) is 9.16. The van der Waals surface area contributed by atoms with Gasteiger partial charge in [0, 0.05) is 6.42 Å². The topological polar surface area (TPSA) is 109 Å². The number of nitrogens with two attached hydrogens (primary N) is 1. The molecule has 2 atom stereocenters. The van der Waals surface area contributed by atoms with Gasteiger partial charge in [0.15, 0.2) is 12.4 Å². The molecule has 0 amide bonds.